The van der Waals surface area contributed by atoms with Gasteiger partial charge in [-0.1, -0.05) is 17.7 Å². The van der Waals surface area contributed by atoms with E-state index in [4.69, 9.17) is 16.0 Å². The molecule has 6 nitrogen and oxygen atoms in total. The van der Waals surface area contributed by atoms with Crippen LogP contribution in [0.2, 0.25) is 5.02 Å². The molecule has 0 fully saturated rings. The van der Waals surface area contributed by atoms with Crippen molar-refractivity contribution in [3.05, 3.63) is 69.5 Å². The SMILES string of the molecule is Cc1ccc(-n2nc3ccc(NC(=O)c4ccc(Br)o4)cc3n2)cc1Cl. The molecule has 2 heterocycles. The first kappa shape index (κ1) is 16.8. The summed E-state index contributed by atoms with van der Waals surface area (Å²) < 4.78 is 5.75. The summed E-state index contributed by atoms with van der Waals surface area (Å²) in [6.45, 7) is 1.94. The number of aromatic nitrogens is 3. The highest BCUT2D eigenvalue weighted by Crippen LogP contribution is 2.22. The molecule has 0 aliphatic rings. The van der Waals surface area contributed by atoms with E-state index in [1.807, 2.05) is 25.1 Å². The fraction of sp³-hybridized carbons (Fsp3) is 0.0556. The second-order valence-electron chi connectivity index (χ2n) is 5.68. The van der Waals surface area contributed by atoms with Crippen LogP contribution in [0.4, 0.5) is 5.69 Å². The predicted octanol–water partition coefficient (Wildman–Crippen LogP) is 4.99. The Labute approximate surface area is 161 Å². The van der Waals surface area contributed by atoms with E-state index in [1.54, 1.807) is 30.3 Å². The van der Waals surface area contributed by atoms with Gasteiger partial charge in [-0.2, -0.15) is 4.80 Å². The Hall–Kier alpha value is -2.64. The molecular weight excluding hydrogens is 420 g/mol. The van der Waals surface area contributed by atoms with Gasteiger partial charge in [-0.05, 0) is 70.9 Å². The highest BCUT2D eigenvalue weighted by Gasteiger charge is 2.12. The van der Waals surface area contributed by atoms with Gasteiger partial charge in [0, 0.05) is 10.7 Å². The summed E-state index contributed by atoms with van der Waals surface area (Å²) in [6, 6.07) is 14.2. The van der Waals surface area contributed by atoms with Gasteiger partial charge in [0.15, 0.2) is 10.4 Å². The third-order valence-corrected chi connectivity index (χ3v) is 4.65. The number of benzene rings is 2. The van der Waals surface area contributed by atoms with E-state index in [9.17, 15) is 4.79 Å². The molecule has 26 heavy (non-hydrogen) atoms. The van der Waals surface area contributed by atoms with Crippen LogP contribution in [0.3, 0.4) is 0 Å². The first-order chi connectivity index (χ1) is 12.5. The van der Waals surface area contributed by atoms with Gasteiger partial charge in [-0.15, -0.1) is 10.2 Å². The molecule has 130 valence electrons. The van der Waals surface area contributed by atoms with Gasteiger partial charge in [0.1, 0.15) is 11.0 Å². The molecule has 0 atom stereocenters. The summed E-state index contributed by atoms with van der Waals surface area (Å²) in [5.41, 5.74) is 3.72. The first-order valence-corrected chi connectivity index (χ1v) is 8.87. The number of fused-ring (bicyclic) bond motifs is 1. The molecule has 0 aliphatic heterocycles. The number of anilines is 1. The average Bonchev–Trinajstić information content (AvgIpc) is 3.23. The van der Waals surface area contributed by atoms with E-state index < -0.39 is 0 Å². The van der Waals surface area contributed by atoms with E-state index in [0.717, 1.165) is 11.3 Å². The zero-order valence-electron chi connectivity index (χ0n) is 13.5. The Kier molecular flexibility index (Phi) is 4.26. The number of halogens is 2. The summed E-state index contributed by atoms with van der Waals surface area (Å²) >= 11 is 9.35. The number of nitrogens with zero attached hydrogens (tertiary/aromatic N) is 3. The van der Waals surface area contributed by atoms with Crippen molar-refractivity contribution in [3.63, 3.8) is 0 Å². The number of aryl methyl sites for hydroxylation is 1. The molecule has 4 aromatic rings. The number of nitrogens with one attached hydrogen (secondary N) is 1. The lowest BCUT2D eigenvalue weighted by Crippen LogP contribution is -2.10. The average molecular weight is 432 g/mol. The topological polar surface area (TPSA) is 73.0 Å². The van der Waals surface area contributed by atoms with Crippen molar-refractivity contribution >= 4 is 50.2 Å². The van der Waals surface area contributed by atoms with Crippen molar-refractivity contribution in [3.8, 4) is 5.69 Å². The smallest absolute Gasteiger partial charge is 0.291 e. The van der Waals surface area contributed by atoms with E-state index in [0.29, 0.717) is 26.4 Å². The molecule has 0 saturated heterocycles. The lowest BCUT2D eigenvalue weighted by molar-refractivity contribution is 0.0995. The normalized spacial score (nSPS) is 11.0. The third-order valence-electron chi connectivity index (χ3n) is 3.82. The van der Waals surface area contributed by atoms with Gasteiger partial charge in [0.25, 0.3) is 5.91 Å². The van der Waals surface area contributed by atoms with Gasteiger partial charge >= 0.3 is 0 Å². The Morgan fingerprint density at radius 2 is 1.92 bits per heavy atom. The lowest BCUT2D eigenvalue weighted by Gasteiger charge is -2.02. The Morgan fingerprint density at radius 1 is 1.12 bits per heavy atom. The molecule has 2 aromatic heterocycles. The molecule has 0 radical (unpaired) electrons. The molecule has 8 heteroatoms. The van der Waals surface area contributed by atoms with E-state index in [2.05, 4.69) is 31.4 Å². The van der Waals surface area contributed by atoms with Gasteiger partial charge in [-0.25, -0.2) is 0 Å². The summed E-state index contributed by atoms with van der Waals surface area (Å²) in [4.78, 5) is 13.7. The van der Waals surface area contributed by atoms with Crippen LogP contribution in [-0.2, 0) is 0 Å². The van der Waals surface area contributed by atoms with E-state index in [1.165, 1.54) is 4.80 Å². The lowest BCUT2D eigenvalue weighted by atomic mass is 10.2. The summed E-state index contributed by atoms with van der Waals surface area (Å²) in [7, 11) is 0. The molecule has 1 amide bonds. The highest BCUT2D eigenvalue weighted by atomic mass is 79.9. The summed E-state index contributed by atoms with van der Waals surface area (Å²) in [5.74, 6) is -0.123. The maximum absolute atomic E-state index is 12.2. The number of amides is 1. The minimum Gasteiger partial charge on any atom is -0.444 e. The Morgan fingerprint density at radius 3 is 2.65 bits per heavy atom. The number of carbonyl (C=O) groups excluding carboxylic acids is 1. The summed E-state index contributed by atoms with van der Waals surface area (Å²) in [5, 5.41) is 12.3. The monoisotopic (exact) mass is 430 g/mol. The molecule has 0 saturated carbocycles. The largest absolute Gasteiger partial charge is 0.444 e. The molecule has 1 N–H and O–H groups in total. The number of rotatable bonds is 3. The molecule has 0 bridgehead atoms. The molecular formula is C18H12BrClN4O2. The zero-order valence-corrected chi connectivity index (χ0v) is 15.9. The molecule has 0 aliphatic carbocycles. The van der Waals surface area contributed by atoms with Crippen molar-refractivity contribution in [2.24, 2.45) is 0 Å². The number of furan rings is 1. The van der Waals surface area contributed by atoms with Gasteiger partial charge < -0.3 is 9.73 Å². The van der Waals surface area contributed by atoms with Gasteiger partial charge in [-0.3, -0.25) is 4.79 Å². The maximum atomic E-state index is 12.2. The second-order valence-corrected chi connectivity index (χ2v) is 6.87. The second kappa shape index (κ2) is 6.59. The van der Waals surface area contributed by atoms with Crippen LogP contribution < -0.4 is 5.32 Å². The molecule has 2 aromatic carbocycles. The van der Waals surface area contributed by atoms with E-state index >= 15 is 0 Å². The summed E-state index contributed by atoms with van der Waals surface area (Å²) in [6.07, 6.45) is 0. The zero-order chi connectivity index (χ0) is 18.3. The van der Waals surface area contributed by atoms with Crippen molar-refractivity contribution < 1.29 is 9.21 Å². The van der Waals surface area contributed by atoms with Crippen LogP contribution in [0, 0.1) is 6.92 Å². The van der Waals surface area contributed by atoms with E-state index in [-0.39, 0.29) is 11.7 Å². The van der Waals surface area contributed by atoms with Crippen molar-refractivity contribution in [1.82, 2.24) is 15.0 Å². The molecule has 0 unspecified atom stereocenters. The fourth-order valence-corrected chi connectivity index (χ4v) is 2.92. The van der Waals surface area contributed by atoms with Crippen molar-refractivity contribution in [2.45, 2.75) is 6.92 Å². The van der Waals surface area contributed by atoms with Crippen LogP contribution in [0.1, 0.15) is 16.1 Å². The quantitative estimate of drug-likeness (QED) is 0.496. The molecule has 4 rings (SSSR count). The first-order valence-electron chi connectivity index (χ1n) is 7.70. The number of carbonyl (C=O) groups is 1. The van der Waals surface area contributed by atoms with Crippen LogP contribution in [-0.4, -0.2) is 20.9 Å². The van der Waals surface area contributed by atoms with Crippen LogP contribution >= 0.6 is 27.5 Å². The van der Waals surface area contributed by atoms with Crippen LogP contribution in [0.25, 0.3) is 16.7 Å². The van der Waals surface area contributed by atoms with Gasteiger partial charge in [0.2, 0.25) is 0 Å². The highest BCUT2D eigenvalue weighted by molar-refractivity contribution is 9.10. The standard InChI is InChI=1S/C18H12BrClN4O2/c1-10-2-4-12(9-13(10)20)24-22-14-5-3-11(8-15(14)23-24)21-18(25)16-6-7-17(19)26-16/h2-9H,1H3,(H,21,25). The number of hydrogen-bond acceptors (Lipinski definition) is 4. The minimum absolute atomic E-state index is 0.218. The van der Waals surface area contributed by atoms with Crippen LogP contribution in [0.15, 0.2) is 57.6 Å². The Bertz CT molecular complexity index is 1140. The minimum atomic E-state index is -0.340. The fourth-order valence-electron chi connectivity index (χ4n) is 2.44. The maximum Gasteiger partial charge on any atom is 0.291 e. The van der Waals surface area contributed by atoms with Crippen LogP contribution in [0.5, 0.6) is 0 Å². The molecule has 0 spiro atoms. The Balaban J connectivity index is 1.63. The van der Waals surface area contributed by atoms with Crippen molar-refractivity contribution in [2.75, 3.05) is 5.32 Å². The number of hydrogen-bond donors (Lipinski definition) is 1. The van der Waals surface area contributed by atoms with Gasteiger partial charge in [0.05, 0.1) is 5.69 Å². The third kappa shape index (κ3) is 3.23. The van der Waals surface area contributed by atoms with Crippen molar-refractivity contribution in [1.29, 1.82) is 0 Å². The predicted molar refractivity (Wildman–Crippen MR) is 103 cm³/mol.